The minimum absolute atomic E-state index is 0.0660. The van der Waals surface area contributed by atoms with Crippen molar-refractivity contribution in [1.29, 1.82) is 0 Å². The summed E-state index contributed by atoms with van der Waals surface area (Å²) in [6.07, 6.45) is 7.73. The molecule has 0 radical (unpaired) electrons. The van der Waals surface area contributed by atoms with Gasteiger partial charge in [0, 0.05) is 38.6 Å². The van der Waals surface area contributed by atoms with Crippen LogP contribution in [0, 0.1) is 6.92 Å². The van der Waals surface area contributed by atoms with Crippen LogP contribution >= 0.6 is 12.6 Å². The number of aryl methyl sites for hydroxylation is 1. The fraction of sp³-hybridized carbons (Fsp3) is 0.357. The molecule has 6 nitrogen and oxygen atoms in total. The molecule has 2 aromatic carbocycles. The quantitative estimate of drug-likeness (QED) is 0.490. The number of hydrogen-bond acceptors (Lipinski definition) is 6. The molecule has 0 saturated heterocycles. The molecule has 1 fully saturated rings. The number of carbonyl (C=O) groups is 1. The van der Waals surface area contributed by atoms with Crippen LogP contribution in [0.15, 0.2) is 60.8 Å². The summed E-state index contributed by atoms with van der Waals surface area (Å²) in [5.41, 5.74) is 3.34. The first kappa shape index (κ1) is 26.4. The Kier molecular flexibility index (Phi) is 8.67. The Morgan fingerprint density at radius 3 is 2.37 bits per heavy atom. The first-order valence-corrected chi connectivity index (χ1v) is 12.6. The number of anilines is 1. The third-order valence-corrected chi connectivity index (χ3v) is 6.24. The van der Waals surface area contributed by atoms with Crippen LogP contribution in [0.3, 0.4) is 0 Å². The number of fused-ring (bicyclic) bond motifs is 1. The van der Waals surface area contributed by atoms with Gasteiger partial charge in [0.05, 0.1) is 18.2 Å². The van der Waals surface area contributed by atoms with Gasteiger partial charge in [-0.1, -0.05) is 18.2 Å². The van der Waals surface area contributed by atoms with E-state index in [9.17, 15) is 4.79 Å². The van der Waals surface area contributed by atoms with Crippen LogP contribution in [0.4, 0.5) is 5.82 Å². The number of pyridine rings is 1. The lowest BCUT2D eigenvalue weighted by Crippen LogP contribution is -2.35. The SMILES string of the molecule is CN1C=CC1.COc1ccc(C)c(C(=O)NC2(c3cccc4nc(N(C)C)ccc34)CC2)c1.CS. The molecule has 1 N–H and O–H groups in total. The second-order valence-electron chi connectivity index (χ2n) is 8.98. The summed E-state index contributed by atoms with van der Waals surface area (Å²) in [6.45, 7) is 3.08. The number of rotatable bonds is 5. The third-order valence-electron chi connectivity index (χ3n) is 6.24. The Hall–Kier alpha value is -3.19. The van der Waals surface area contributed by atoms with Crippen LogP contribution in [0.25, 0.3) is 10.9 Å². The number of hydrogen-bond donors (Lipinski definition) is 2. The van der Waals surface area contributed by atoms with Crippen LogP contribution in [0.2, 0.25) is 0 Å². The number of benzene rings is 2. The normalized spacial score (nSPS) is 14.5. The first-order chi connectivity index (χ1) is 16.8. The molecular formula is C28H36N4O2S. The summed E-state index contributed by atoms with van der Waals surface area (Å²) in [5.74, 6) is 1.54. The van der Waals surface area contributed by atoms with Crippen LogP contribution in [0.1, 0.15) is 34.3 Å². The Balaban J connectivity index is 0.000000428. The summed E-state index contributed by atoms with van der Waals surface area (Å²) in [4.78, 5) is 21.9. The van der Waals surface area contributed by atoms with E-state index in [1.165, 1.54) is 0 Å². The standard InChI is InChI=1S/C23H25N3O2.C4H7N.CH4S/c1-15-8-9-16(28-4)14-18(15)22(27)25-23(12-13-23)19-6-5-7-20-17(19)10-11-21(24-20)26(2)3;1-5-3-2-4-5;1-2/h5-11,14H,12-13H2,1-4H3,(H,25,27);2-3H,4H2,1H3;2H,1H3. The van der Waals surface area contributed by atoms with Gasteiger partial charge in [0.15, 0.2) is 0 Å². The monoisotopic (exact) mass is 492 g/mol. The summed E-state index contributed by atoms with van der Waals surface area (Å²) < 4.78 is 5.29. The highest BCUT2D eigenvalue weighted by atomic mass is 32.1. The first-order valence-electron chi connectivity index (χ1n) is 11.7. The van der Waals surface area contributed by atoms with E-state index in [1.54, 1.807) is 19.4 Å². The van der Waals surface area contributed by atoms with Crippen LogP contribution in [-0.2, 0) is 5.54 Å². The molecule has 0 atom stereocenters. The molecular weight excluding hydrogens is 456 g/mol. The molecule has 5 rings (SSSR count). The fourth-order valence-electron chi connectivity index (χ4n) is 3.97. The van der Waals surface area contributed by atoms with Gasteiger partial charge in [0.1, 0.15) is 11.6 Å². The van der Waals surface area contributed by atoms with E-state index in [0.29, 0.717) is 11.3 Å². The van der Waals surface area contributed by atoms with Gasteiger partial charge in [-0.2, -0.15) is 12.6 Å². The summed E-state index contributed by atoms with van der Waals surface area (Å²) in [5, 5.41) is 4.38. The number of aromatic nitrogens is 1. The second-order valence-corrected chi connectivity index (χ2v) is 8.98. The molecule has 1 amide bonds. The molecule has 0 unspecified atom stereocenters. The van der Waals surface area contributed by atoms with Gasteiger partial charge in [-0.15, -0.1) is 0 Å². The van der Waals surface area contributed by atoms with Crippen molar-refractivity contribution in [3.8, 4) is 5.75 Å². The molecule has 3 aromatic rings. The van der Waals surface area contributed by atoms with Gasteiger partial charge in [-0.05, 0) is 79.8 Å². The van der Waals surface area contributed by atoms with Gasteiger partial charge in [-0.3, -0.25) is 4.79 Å². The molecule has 1 aromatic heterocycles. The Bertz CT molecular complexity index is 1200. The largest absolute Gasteiger partial charge is 0.497 e. The number of methoxy groups -OCH3 is 1. The molecule has 0 bridgehead atoms. The average Bonchev–Trinajstić information content (AvgIpc) is 3.64. The number of nitrogens with one attached hydrogen (secondary N) is 1. The van der Waals surface area contributed by atoms with Crippen molar-refractivity contribution in [2.24, 2.45) is 0 Å². The maximum Gasteiger partial charge on any atom is 0.252 e. The molecule has 1 aliphatic carbocycles. The molecule has 1 aliphatic heterocycles. The summed E-state index contributed by atoms with van der Waals surface area (Å²) in [6, 6.07) is 15.9. The van der Waals surface area contributed by atoms with Crippen molar-refractivity contribution in [1.82, 2.24) is 15.2 Å². The lowest BCUT2D eigenvalue weighted by molar-refractivity contribution is 0.0930. The summed E-state index contributed by atoms with van der Waals surface area (Å²) >= 11 is 3.53. The van der Waals surface area contributed by atoms with Crippen molar-refractivity contribution in [2.75, 3.05) is 46.0 Å². The lowest BCUT2D eigenvalue weighted by atomic mass is 9.98. The number of ether oxygens (including phenoxy) is 1. The van der Waals surface area contributed by atoms with E-state index in [0.717, 1.165) is 47.2 Å². The predicted molar refractivity (Wildman–Crippen MR) is 149 cm³/mol. The molecule has 186 valence electrons. The number of amides is 1. The Morgan fingerprint density at radius 1 is 1.14 bits per heavy atom. The zero-order valence-corrected chi connectivity index (χ0v) is 22.4. The van der Waals surface area contributed by atoms with Gasteiger partial charge in [0.25, 0.3) is 5.91 Å². The molecule has 35 heavy (non-hydrogen) atoms. The highest BCUT2D eigenvalue weighted by molar-refractivity contribution is 7.79. The van der Waals surface area contributed by atoms with Crippen molar-refractivity contribution < 1.29 is 9.53 Å². The van der Waals surface area contributed by atoms with Gasteiger partial charge < -0.3 is 19.9 Å². The van der Waals surface area contributed by atoms with E-state index >= 15 is 0 Å². The maximum absolute atomic E-state index is 13.1. The summed E-state index contributed by atoms with van der Waals surface area (Å²) in [7, 11) is 7.63. The van der Waals surface area contributed by atoms with Crippen LogP contribution in [-0.4, -0.2) is 56.8 Å². The number of carbonyl (C=O) groups excluding carboxylic acids is 1. The Labute approximate surface area is 214 Å². The molecule has 2 heterocycles. The van der Waals surface area contributed by atoms with E-state index in [1.807, 2.05) is 56.3 Å². The highest BCUT2D eigenvalue weighted by Gasteiger charge is 2.46. The molecule has 1 saturated carbocycles. The topological polar surface area (TPSA) is 57.7 Å². The smallest absolute Gasteiger partial charge is 0.252 e. The van der Waals surface area contributed by atoms with Gasteiger partial charge in [0.2, 0.25) is 0 Å². The van der Waals surface area contributed by atoms with E-state index in [4.69, 9.17) is 9.72 Å². The fourth-order valence-corrected chi connectivity index (χ4v) is 3.97. The lowest BCUT2D eigenvalue weighted by Gasteiger charge is -2.21. The maximum atomic E-state index is 13.1. The van der Waals surface area contributed by atoms with E-state index in [2.05, 4.69) is 54.3 Å². The number of thiol groups is 1. The molecule has 0 spiro atoms. The zero-order valence-electron chi connectivity index (χ0n) is 21.5. The predicted octanol–water partition coefficient (Wildman–Crippen LogP) is 5.03. The number of nitrogens with zero attached hydrogens (tertiary/aromatic N) is 3. The average molecular weight is 493 g/mol. The molecule has 7 heteroatoms. The van der Waals surface area contributed by atoms with E-state index < -0.39 is 0 Å². The van der Waals surface area contributed by atoms with Gasteiger partial charge in [-0.25, -0.2) is 4.98 Å². The van der Waals surface area contributed by atoms with Crippen molar-refractivity contribution in [3.63, 3.8) is 0 Å². The highest BCUT2D eigenvalue weighted by Crippen LogP contribution is 2.48. The van der Waals surface area contributed by atoms with E-state index in [-0.39, 0.29) is 11.4 Å². The minimum atomic E-state index is -0.326. The minimum Gasteiger partial charge on any atom is -0.497 e. The second kappa shape index (κ2) is 11.5. The van der Waals surface area contributed by atoms with Crippen LogP contribution in [0.5, 0.6) is 5.75 Å². The van der Waals surface area contributed by atoms with Crippen molar-refractivity contribution >= 4 is 35.3 Å². The van der Waals surface area contributed by atoms with Crippen LogP contribution < -0.4 is 15.0 Å². The zero-order chi connectivity index (χ0) is 25.6. The van der Waals surface area contributed by atoms with Crippen molar-refractivity contribution in [3.05, 3.63) is 77.5 Å². The Morgan fingerprint density at radius 2 is 1.83 bits per heavy atom. The third kappa shape index (κ3) is 6.09. The van der Waals surface area contributed by atoms with Crippen molar-refractivity contribution in [2.45, 2.75) is 25.3 Å². The number of likely N-dealkylation sites (N-methyl/N-ethyl adjacent to an activating group) is 1. The van der Waals surface area contributed by atoms with Gasteiger partial charge >= 0.3 is 0 Å². The molecule has 2 aliphatic rings.